The number of aromatic carboxylic acids is 1. The van der Waals surface area contributed by atoms with Crippen LogP contribution in [0.3, 0.4) is 0 Å². The highest BCUT2D eigenvalue weighted by Gasteiger charge is 2.20. The molecule has 5 nitrogen and oxygen atoms in total. The molecule has 2 aliphatic rings. The van der Waals surface area contributed by atoms with Gasteiger partial charge < -0.3 is 15.2 Å². The zero-order valence-corrected chi connectivity index (χ0v) is 12.2. The van der Waals surface area contributed by atoms with Crippen molar-refractivity contribution in [2.45, 2.75) is 51.0 Å². The summed E-state index contributed by atoms with van der Waals surface area (Å²) in [5.41, 5.74) is 2.43. The van der Waals surface area contributed by atoms with Gasteiger partial charge in [0, 0.05) is 18.8 Å². The second kappa shape index (κ2) is 6.43. The molecule has 2 N–H and O–H groups in total. The Balaban J connectivity index is 1.77. The number of hydrogen-bond acceptors (Lipinski definition) is 4. The number of carboxylic acids is 1. The van der Waals surface area contributed by atoms with Gasteiger partial charge in [-0.15, -0.1) is 0 Å². The van der Waals surface area contributed by atoms with Crippen molar-refractivity contribution in [3.8, 4) is 0 Å². The van der Waals surface area contributed by atoms with Gasteiger partial charge in [0.25, 0.3) is 0 Å². The van der Waals surface area contributed by atoms with E-state index in [1.54, 1.807) is 6.07 Å². The Morgan fingerprint density at radius 3 is 2.95 bits per heavy atom. The molecule has 21 heavy (non-hydrogen) atoms. The summed E-state index contributed by atoms with van der Waals surface area (Å²) < 4.78 is 5.67. The summed E-state index contributed by atoms with van der Waals surface area (Å²) in [4.78, 5) is 16.0. The average Bonchev–Trinajstić information content (AvgIpc) is 2.53. The van der Waals surface area contributed by atoms with Gasteiger partial charge in [-0.05, 0) is 56.6 Å². The zero-order chi connectivity index (χ0) is 14.7. The standard InChI is InChI=1S/C16H22N2O3/c19-16(20)13-9-11-5-1-2-7-14(11)18-15(13)17-10-12-6-3-4-8-21-12/h9,12H,1-8,10H2,(H,17,18)(H,19,20). The van der Waals surface area contributed by atoms with E-state index in [2.05, 4.69) is 10.3 Å². The van der Waals surface area contributed by atoms with Gasteiger partial charge in [0.2, 0.25) is 0 Å². The lowest BCUT2D eigenvalue weighted by atomic mass is 9.94. The molecule has 1 aliphatic carbocycles. The van der Waals surface area contributed by atoms with Gasteiger partial charge in [0.1, 0.15) is 11.4 Å². The van der Waals surface area contributed by atoms with Crippen molar-refractivity contribution in [2.75, 3.05) is 18.5 Å². The number of pyridine rings is 1. The van der Waals surface area contributed by atoms with Gasteiger partial charge >= 0.3 is 5.97 Å². The maximum absolute atomic E-state index is 11.4. The topological polar surface area (TPSA) is 71.5 Å². The summed E-state index contributed by atoms with van der Waals surface area (Å²) in [6.45, 7) is 1.43. The van der Waals surface area contributed by atoms with Crippen molar-refractivity contribution in [2.24, 2.45) is 0 Å². The zero-order valence-electron chi connectivity index (χ0n) is 12.2. The van der Waals surface area contributed by atoms with Crippen LogP contribution in [0.2, 0.25) is 0 Å². The van der Waals surface area contributed by atoms with E-state index >= 15 is 0 Å². The van der Waals surface area contributed by atoms with Crippen LogP contribution in [0.5, 0.6) is 0 Å². The summed E-state index contributed by atoms with van der Waals surface area (Å²) in [5, 5.41) is 12.6. The first-order valence-electron chi connectivity index (χ1n) is 7.85. The van der Waals surface area contributed by atoms with E-state index in [1.165, 1.54) is 6.42 Å². The second-order valence-corrected chi connectivity index (χ2v) is 5.87. The molecule has 1 fully saturated rings. The lowest BCUT2D eigenvalue weighted by molar-refractivity contribution is 0.0247. The van der Waals surface area contributed by atoms with Crippen LogP contribution in [0, 0.1) is 0 Å². The van der Waals surface area contributed by atoms with Crippen LogP contribution < -0.4 is 5.32 Å². The van der Waals surface area contributed by atoms with Crippen LogP contribution in [-0.4, -0.2) is 35.3 Å². The van der Waals surface area contributed by atoms with Crippen molar-refractivity contribution >= 4 is 11.8 Å². The van der Waals surface area contributed by atoms with Crippen LogP contribution in [0.15, 0.2) is 6.07 Å². The number of hydrogen-bond donors (Lipinski definition) is 2. The summed E-state index contributed by atoms with van der Waals surface area (Å²) in [7, 11) is 0. The normalized spacial score (nSPS) is 21.6. The van der Waals surface area contributed by atoms with Crippen molar-refractivity contribution in [3.05, 3.63) is 22.9 Å². The molecule has 0 aromatic carbocycles. The number of aromatic nitrogens is 1. The van der Waals surface area contributed by atoms with Crippen LogP contribution in [0.25, 0.3) is 0 Å². The van der Waals surface area contributed by atoms with Gasteiger partial charge in [-0.2, -0.15) is 0 Å². The van der Waals surface area contributed by atoms with Crippen LogP contribution in [-0.2, 0) is 17.6 Å². The molecule has 114 valence electrons. The fourth-order valence-corrected chi connectivity index (χ4v) is 3.11. The largest absolute Gasteiger partial charge is 0.478 e. The Kier molecular flexibility index (Phi) is 4.39. The van der Waals surface area contributed by atoms with Crippen molar-refractivity contribution in [1.82, 2.24) is 4.98 Å². The number of nitrogens with zero attached hydrogens (tertiary/aromatic N) is 1. The van der Waals surface area contributed by atoms with Crippen molar-refractivity contribution < 1.29 is 14.6 Å². The molecular weight excluding hydrogens is 268 g/mol. The molecule has 0 amide bonds. The Labute approximate surface area is 124 Å². The fraction of sp³-hybridized carbons (Fsp3) is 0.625. The van der Waals surface area contributed by atoms with Crippen LogP contribution >= 0.6 is 0 Å². The number of aryl methyl sites for hydroxylation is 2. The third-order valence-electron chi connectivity index (χ3n) is 4.30. The van der Waals surface area contributed by atoms with E-state index in [-0.39, 0.29) is 11.7 Å². The van der Waals surface area contributed by atoms with E-state index < -0.39 is 5.97 Å². The lowest BCUT2D eigenvalue weighted by Crippen LogP contribution is -2.28. The van der Waals surface area contributed by atoms with Gasteiger partial charge in [-0.3, -0.25) is 0 Å². The minimum Gasteiger partial charge on any atom is -0.478 e. The molecule has 5 heteroatoms. The Morgan fingerprint density at radius 1 is 1.33 bits per heavy atom. The minimum absolute atomic E-state index is 0.165. The predicted octanol–water partition coefficient (Wildman–Crippen LogP) is 2.64. The van der Waals surface area contributed by atoms with Crippen LogP contribution in [0.1, 0.15) is 53.7 Å². The number of rotatable bonds is 4. The molecular formula is C16H22N2O3. The van der Waals surface area contributed by atoms with Gasteiger partial charge in [0.05, 0.1) is 6.10 Å². The highest BCUT2D eigenvalue weighted by atomic mass is 16.5. The first-order chi connectivity index (χ1) is 10.2. The summed E-state index contributed by atoms with van der Waals surface area (Å²) in [6, 6.07) is 1.80. The first kappa shape index (κ1) is 14.3. The van der Waals surface area contributed by atoms with Gasteiger partial charge in [0.15, 0.2) is 0 Å². The maximum Gasteiger partial charge on any atom is 0.339 e. The third kappa shape index (κ3) is 3.35. The van der Waals surface area contributed by atoms with Gasteiger partial charge in [-0.25, -0.2) is 9.78 Å². The highest BCUT2D eigenvalue weighted by Crippen LogP contribution is 2.25. The average molecular weight is 290 g/mol. The minimum atomic E-state index is -0.914. The van der Waals surface area contributed by atoms with Crippen molar-refractivity contribution in [1.29, 1.82) is 0 Å². The molecule has 0 radical (unpaired) electrons. The molecule has 1 aliphatic heterocycles. The van der Waals surface area contributed by atoms with Gasteiger partial charge in [-0.1, -0.05) is 0 Å². The molecule has 0 bridgehead atoms. The van der Waals surface area contributed by atoms with Crippen molar-refractivity contribution in [3.63, 3.8) is 0 Å². The Hall–Kier alpha value is -1.62. The highest BCUT2D eigenvalue weighted by molar-refractivity contribution is 5.93. The van der Waals surface area contributed by atoms with Crippen LogP contribution in [0.4, 0.5) is 5.82 Å². The fourth-order valence-electron chi connectivity index (χ4n) is 3.11. The third-order valence-corrected chi connectivity index (χ3v) is 4.30. The number of anilines is 1. The molecule has 0 saturated carbocycles. The van der Waals surface area contributed by atoms with E-state index in [4.69, 9.17) is 4.74 Å². The Morgan fingerprint density at radius 2 is 2.19 bits per heavy atom. The molecule has 1 aromatic heterocycles. The molecule has 2 heterocycles. The molecule has 0 spiro atoms. The molecule has 1 unspecified atom stereocenters. The first-order valence-corrected chi connectivity index (χ1v) is 7.85. The number of carbonyl (C=O) groups is 1. The van der Waals surface area contributed by atoms with E-state index in [0.717, 1.165) is 56.4 Å². The van der Waals surface area contributed by atoms with E-state index in [9.17, 15) is 9.90 Å². The smallest absolute Gasteiger partial charge is 0.339 e. The summed E-state index contributed by atoms with van der Waals surface area (Å²) in [6.07, 6.45) is 7.63. The maximum atomic E-state index is 11.4. The molecule has 1 atom stereocenters. The predicted molar refractivity (Wildman–Crippen MR) is 79.9 cm³/mol. The molecule has 1 aromatic rings. The number of nitrogens with one attached hydrogen (secondary N) is 1. The van der Waals surface area contributed by atoms with E-state index in [0.29, 0.717) is 12.4 Å². The summed E-state index contributed by atoms with van der Waals surface area (Å²) in [5.74, 6) is -0.416. The lowest BCUT2D eigenvalue weighted by Gasteiger charge is -2.24. The molecule has 1 saturated heterocycles. The Bertz CT molecular complexity index is 524. The van der Waals surface area contributed by atoms with E-state index in [1.807, 2.05) is 0 Å². The SMILES string of the molecule is O=C(O)c1cc2c(nc1NCC1CCCCO1)CCCC2. The number of ether oxygens (including phenoxy) is 1. The molecule has 3 rings (SSSR count). The number of carboxylic acid groups (broad SMARTS) is 1. The second-order valence-electron chi connectivity index (χ2n) is 5.87. The monoisotopic (exact) mass is 290 g/mol. The number of fused-ring (bicyclic) bond motifs is 1. The quantitative estimate of drug-likeness (QED) is 0.892. The summed E-state index contributed by atoms with van der Waals surface area (Å²) >= 11 is 0.